The van der Waals surface area contributed by atoms with Crippen molar-refractivity contribution in [3.8, 4) is 0 Å². The molecule has 2 nitrogen and oxygen atoms in total. The van der Waals surface area contributed by atoms with E-state index in [0.717, 1.165) is 16.9 Å². The summed E-state index contributed by atoms with van der Waals surface area (Å²) in [5.74, 6) is 0. The number of halogens is 2. The summed E-state index contributed by atoms with van der Waals surface area (Å²) < 4.78 is 0. The first-order chi connectivity index (χ1) is 8.13. The highest BCUT2D eigenvalue weighted by atomic mass is 35.5. The number of aryl methyl sites for hydroxylation is 1. The zero-order chi connectivity index (χ0) is 12.3. The molecule has 17 heavy (non-hydrogen) atoms. The molecule has 1 aromatic heterocycles. The Bertz CT molecular complexity index is 489. The summed E-state index contributed by atoms with van der Waals surface area (Å²) in [6.45, 7) is 2.66. The molecule has 1 N–H and O–H groups in total. The van der Waals surface area contributed by atoms with Gasteiger partial charge in [0.25, 0.3) is 0 Å². The highest BCUT2D eigenvalue weighted by Crippen LogP contribution is 2.22. The van der Waals surface area contributed by atoms with Crippen LogP contribution in [0, 0.1) is 6.92 Å². The van der Waals surface area contributed by atoms with Gasteiger partial charge < -0.3 is 5.32 Å². The van der Waals surface area contributed by atoms with Crippen LogP contribution in [0.2, 0.25) is 10.0 Å². The van der Waals surface area contributed by atoms with Crippen LogP contribution in [-0.2, 0) is 6.54 Å². The number of benzene rings is 1. The highest BCUT2D eigenvalue weighted by molar-refractivity contribution is 6.35. The smallest absolute Gasteiger partial charge is 0.0594 e. The molecule has 1 aromatic carbocycles. The first-order valence-electron chi connectivity index (χ1n) is 5.25. The van der Waals surface area contributed by atoms with Crippen molar-refractivity contribution in [1.29, 1.82) is 0 Å². The number of aromatic nitrogens is 1. The van der Waals surface area contributed by atoms with E-state index in [1.165, 1.54) is 0 Å². The Morgan fingerprint density at radius 2 is 1.82 bits per heavy atom. The molecule has 88 valence electrons. The molecule has 0 radical (unpaired) electrons. The fourth-order valence-electron chi connectivity index (χ4n) is 1.45. The average molecular weight is 267 g/mol. The molecule has 0 aliphatic heterocycles. The number of pyridine rings is 1. The second kappa shape index (κ2) is 5.39. The molecule has 4 heteroatoms. The van der Waals surface area contributed by atoms with Gasteiger partial charge in [-0.05, 0) is 36.8 Å². The number of hydrogen-bond acceptors (Lipinski definition) is 2. The van der Waals surface area contributed by atoms with Crippen LogP contribution in [0.4, 0.5) is 5.69 Å². The van der Waals surface area contributed by atoms with Crippen LogP contribution >= 0.6 is 23.2 Å². The number of nitrogens with one attached hydrogen (secondary N) is 1. The van der Waals surface area contributed by atoms with E-state index in [0.29, 0.717) is 16.6 Å². The SMILES string of the molecule is Cc1ccc(CNc2cc(Cl)cc(Cl)c2)nc1. The number of rotatable bonds is 3. The standard InChI is InChI=1S/C13H12Cl2N2/c1-9-2-3-12(16-7-9)8-17-13-5-10(14)4-11(15)6-13/h2-7,17H,8H2,1H3. The van der Waals surface area contributed by atoms with E-state index >= 15 is 0 Å². The van der Waals surface area contributed by atoms with Crippen molar-refractivity contribution in [2.45, 2.75) is 13.5 Å². The first kappa shape index (κ1) is 12.2. The van der Waals surface area contributed by atoms with Crippen molar-refractivity contribution in [3.63, 3.8) is 0 Å². The Morgan fingerprint density at radius 3 is 2.41 bits per heavy atom. The third-order valence-electron chi connectivity index (χ3n) is 2.31. The molecular formula is C13H12Cl2N2. The Labute approximate surface area is 111 Å². The van der Waals surface area contributed by atoms with Gasteiger partial charge in [0.2, 0.25) is 0 Å². The Morgan fingerprint density at radius 1 is 1.12 bits per heavy atom. The van der Waals surface area contributed by atoms with Gasteiger partial charge in [-0.1, -0.05) is 29.3 Å². The summed E-state index contributed by atoms with van der Waals surface area (Å²) in [7, 11) is 0. The van der Waals surface area contributed by atoms with Gasteiger partial charge in [0, 0.05) is 21.9 Å². The maximum atomic E-state index is 5.91. The van der Waals surface area contributed by atoms with E-state index in [2.05, 4.69) is 10.3 Å². The second-order valence-electron chi connectivity index (χ2n) is 3.84. The van der Waals surface area contributed by atoms with Gasteiger partial charge >= 0.3 is 0 Å². The van der Waals surface area contributed by atoms with Gasteiger partial charge in [0.1, 0.15) is 0 Å². The van der Waals surface area contributed by atoms with Crippen LogP contribution in [0.15, 0.2) is 36.5 Å². The number of anilines is 1. The maximum Gasteiger partial charge on any atom is 0.0594 e. The lowest BCUT2D eigenvalue weighted by Gasteiger charge is -2.07. The fourth-order valence-corrected chi connectivity index (χ4v) is 1.98. The van der Waals surface area contributed by atoms with Crippen LogP contribution < -0.4 is 5.32 Å². The zero-order valence-corrected chi connectivity index (χ0v) is 10.9. The van der Waals surface area contributed by atoms with Crippen molar-refractivity contribution in [2.75, 3.05) is 5.32 Å². The molecule has 0 saturated heterocycles. The monoisotopic (exact) mass is 266 g/mol. The van der Waals surface area contributed by atoms with Gasteiger partial charge in [0.05, 0.1) is 12.2 Å². The minimum Gasteiger partial charge on any atom is -0.379 e. The van der Waals surface area contributed by atoms with Crippen molar-refractivity contribution in [1.82, 2.24) is 4.98 Å². The molecule has 2 rings (SSSR count). The van der Waals surface area contributed by atoms with E-state index in [1.807, 2.05) is 37.4 Å². The van der Waals surface area contributed by atoms with E-state index in [4.69, 9.17) is 23.2 Å². The Balaban J connectivity index is 2.04. The minimum atomic E-state index is 0.622. The summed E-state index contributed by atoms with van der Waals surface area (Å²) in [5, 5.41) is 4.47. The molecule has 2 aromatic rings. The van der Waals surface area contributed by atoms with E-state index in [1.54, 1.807) is 6.07 Å². The summed E-state index contributed by atoms with van der Waals surface area (Å²) in [6, 6.07) is 9.41. The molecule has 0 amide bonds. The van der Waals surface area contributed by atoms with Gasteiger partial charge in [-0.25, -0.2) is 0 Å². The summed E-state index contributed by atoms with van der Waals surface area (Å²) in [5.41, 5.74) is 3.02. The van der Waals surface area contributed by atoms with Gasteiger partial charge in [-0.2, -0.15) is 0 Å². The molecule has 0 aliphatic rings. The zero-order valence-electron chi connectivity index (χ0n) is 9.37. The van der Waals surface area contributed by atoms with Gasteiger partial charge in [-0.3, -0.25) is 4.98 Å². The summed E-state index contributed by atoms with van der Waals surface area (Å²) in [6.07, 6.45) is 1.85. The molecular weight excluding hydrogens is 255 g/mol. The number of hydrogen-bond donors (Lipinski definition) is 1. The van der Waals surface area contributed by atoms with E-state index in [9.17, 15) is 0 Å². The van der Waals surface area contributed by atoms with Crippen molar-refractivity contribution in [2.24, 2.45) is 0 Å². The third kappa shape index (κ3) is 3.62. The topological polar surface area (TPSA) is 24.9 Å². The molecule has 1 heterocycles. The minimum absolute atomic E-state index is 0.622. The normalized spacial score (nSPS) is 10.3. The van der Waals surface area contributed by atoms with Crippen LogP contribution in [0.25, 0.3) is 0 Å². The maximum absolute atomic E-state index is 5.91. The second-order valence-corrected chi connectivity index (χ2v) is 4.71. The number of nitrogens with zero attached hydrogens (tertiary/aromatic N) is 1. The largest absolute Gasteiger partial charge is 0.379 e. The predicted molar refractivity (Wildman–Crippen MR) is 72.8 cm³/mol. The molecule has 0 fully saturated rings. The lowest BCUT2D eigenvalue weighted by molar-refractivity contribution is 1.04. The van der Waals surface area contributed by atoms with Gasteiger partial charge in [-0.15, -0.1) is 0 Å². The van der Waals surface area contributed by atoms with Crippen LogP contribution in [0.1, 0.15) is 11.3 Å². The molecule has 0 atom stereocenters. The van der Waals surface area contributed by atoms with Gasteiger partial charge in [0.15, 0.2) is 0 Å². The molecule has 0 bridgehead atoms. The summed E-state index contributed by atoms with van der Waals surface area (Å²) in [4.78, 5) is 4.31. The molecule has 0 saturated carbocycles. The van der Waals surface area contributed by atoms with Crippen LogP contribution in [0.3, 0.4) is 0 Å². The third-order valence-corrected chi connectivity index (χ3v) is 2.75. The first-order valence-corrected chi connectivity index (χ1v) is 6.00. The molecule has 0 unspecified atom stereocenters. The quantitative estimate of drug-likeness (QED) is 0.896. The molecule has 0 spiro atoms. The van der Waals surface area contributed by atoms with E-state index < -0.39 is 0 Å². The van der Waals surface area contributed by atoms with Crippen molar-refractivity contribution in [3.05, 3.63) is 57.8 Å². The highest BCUT2D eigenvalue weighted by Gasteiger charge is 1.99. The summed E-state index contributed by atoms with van der Waals surface area (Å²) >= 11 is 11.8. The van der Waals surface area contributed by atoms with Crippen molar-refractivity contribution < 1.29 is 0 Å². The lowest BCUT2D eigenvalue weighted by atomic mass is 10.2. The van der Waals surface area contributed by atoms with Crippen LogP contribution in [-0.4, -0.2) is 4.98 Å². The van der Waals surface area contributed by atoms with E-state index in [-0.39, 0.29) is 0 Å². The predicted octanol–water partition coefficient (Wildman–Crippen LogP) is 4.31. The molecule has 0 aliphatic carbocycles. The average Bonchev–Trinajstić information content (AvgIpc) is 2.27. The fraction of sp³-hybridized carbons (Fsp3) is 0.154. The Hall–Kier alpha value is -1.25. The Kier molecular flexibility index (Phi) is 3.87. The van der Waals surface area contributed by atoms with Crippen LogP contribution in [0.5, 0.6) is 0 Å². The lowest BCUT2D eigenvalue weighted by Crippen LogP contribution is -2.01. The van der Waals surface area contributed by atoms with Crippen molar-refractivity contribution >= 4 is 28.9 Å².